The van der Waals surface area contributed by atoms with Crippen LogP contribution in [0.5, 0.6) is 0 Å². The lowest BCUT2D eigenvalue weighted by Gasteiger charge is -2.41. The van der Waals surface area contributed by atoms with E-state index >= 15 is 0 Å². The molecule has 1 fully saturated rings. The maximum Gasteiger partial charge on any atom is 0.186 e. The van der Waals surface area contributed by atoms with Gasteiger partial charge in [0.25, 0.3) is 0 Å². The molecule has 0 aromatic carbocycles. The van der Waals surface area contributed by atoms with Crippen LogP contribution in [0, 0.1) is 6.92 Å². The van der Waals surface area contributed by atoms with E-state index < -0.39 is 0 Å². The summed E-state index contributed by atoms with van der Waals surface area (Å²) in [6.45, 7) is 8.38. The fourth-order valence-corrected chi connectivity index (χ4v) is 2.90. The average Bonchev–Trinajstić information content (AvgIpc) is 2.58. The minimum absolute atomic E-state index is 0.0529. The lowest BCUT2D eigenvalue weighted by molar-refractivity contribution is 0.0643. The number of aryl methyl sites for hydroxylation is 1. The number of rotatable bonds is 2. The van der Waals surface area contributed by atoms with Gasteiger partial charge in [0.2, 0.25) is 0 Å². The summed E-state index contributed by atoms with van der Waals surface area (Å²) < 4.78 is 5.47. The molecular weight excluding hydrogens is 224 g/mol. The molecule has 5 heteroatoms. The third-order valence-corrected chi connectivity index (χ3v) is 3.91. The van der Waals surface area contributed by atoms with Crippen molar-refractivity contribution in [2.45, 2.75) is 26.3 Å². The largest absolute Gasteiger partial charge is 0.377 e. The molecule has 1 aliphatic rings. The first-order chi connectivity index (χ1) is 7.54. The molecule has 0 unspecified atom stereocenters. The van der Waals surface area contributed by atoms with E-state index in [9.17, 15) is 4.79 Å². The van der Waals surface area contributed by atoms with Gasteiger partial charge in [-0.25, -0.2) is 4.98 Å². The number of aldehydes is 1. The molecule has 0 aliphatic carbocycles. The summed E-state index contributed by atoms with van der Waals surface area (Å²) in [6, 6.07) is 0. The summed E-state index contributed by atoms with van der Waals surface area (Å²) in [5, 5.41) is 0.924. The predicted octanol–water partition coefficient (Wildman–Crippen LogP) is 1.88. The average molecular weight is 240 g/mol. The molecule has 0 amide bonds. The fraction of sp³-hybridized carbons (Fsp3) is 0.636. The first-order valence-electron chi connectivity index (χ1n) is 5.32. The highest BCUT2D eigenvalue weighted by Crippen LogP contribution is 2.31. The van der Waals surface area contributed by atoms with Gasteiger partial charge in [0.05, 0.1) is 29.3 Å². The molecule has 16 heavy (non-hydrogen) atoms. The highest BCUT2D eigenvalue weighted by atomic mass is 32.1. The van der Waals surface area contributed by atoms with Crippen molar-refractivity contribution in [3.05, 3.63) is 10.6 Å². The molecule has 2 rings (SSSR count). The van der Waals surface area contributed by atoms with Crippen LogP contribution >= 0.6 is 11.3 Å². The molecule has 0 saturated carbocycles. The Morgan fingerprint density at radius 3 is 2.88 bits per heavy atom. The molecule has 1 saturated heterocycles. The van der Waals surface area contributed by atoms with Crippen molar-refractivity contribution in [3.8, 4) is 0 Å². The van der Waals surface area contributed by atoms with Crippen LogP contribution in [0.25, 0.3) is 0 Å². The number of hydrogen-bond donors (Lipinski definition) is 0. The van der Waals surface area contributed by atoms with Crippen LogP contribution in [0.15, 0.2) is 0 Å². The molecule has 88 valence electrons. The van der Waals surface area contributed by atoms with Crippen LogP contribution in [0.1, 0.15) is 29.2 Å². The number of thiazole rings is 1. The quantitative estimate of drug-likeness (QED) is 0.740. The summed E-state index contributed by atoms with van der Waals surface area (Å²) >= 11 is 1.46. The number of carbonyl (C=O) groups excluding carboxylic acids is 1. The van der Waals surface area contributed by atoms with E-state index in [1.807, 2.05) is 6.92 Å². The topological polar surface area (TPSA) is 42.4 Å². The number of carbonyl (C=O) groups is 1. The SMILES string of the molecule is Cc1nc(N2CCOCC2(C)C)sc1C=O. The second-order valence-corrected chi connectivity index (χ2v) is 5.59. The minimum Gasteiger partial charge on any atom is -0.377 e. The molecule has 1 aromatic rings. The highest BCUT2D eigenvalue weighted by molar-refractivity contribution is 7.17. The zero-order chi connectivity index (χ0) is 11.8. The summed E-state index contributed by atoms with van der Waals surface area (Å²) in [6.07, 6.45) is 0.879. The number of aromatic nitrogens is 1. The Kier molecular flexibility index (Phi) is 2.99. The van der Waals surface area contributed by atoms with Crippen molar-refractivity contribution in [1.29, 1.82) is 0 Å². The van der Waals surface area contributed by atoms with Crippen LogP contribution in [0.3, 0.4) is 0 Å². The Balaban J connectivity index is 2.31. The van der Waals surface area contributed by atoms with Crippen LogP contribution in [-0.4, -0.2) is 36.6 Å². The molecule has 0 radical (unpaired) electrons. The number of anilines is 1. The Labute approximate surface area is 99.2 Å². The van der Waals surface area contributed by atoms with E-state index in [2.05, 4.69) is 23.7 Å². The van der Waals surface area contributed by atoms with Crippen molar-refractivity contribution in [2.24, 2.45) is 0 Å². The highest BCUT2D eigenvalue weighted by Gasteiger charge is 2.32. The molecule has 1 aromatic heterocycles. The first kappa shape index (κ1) is 11.5. The van der Waals surface area contributed by atoms with Crippen LogP contribution in [-0.2, 0) is 4.74 Å². The van der Waals surface area contributed by atoms with Crippen molar-refractivity contribution in [3.63, 3.8) is 0 Å². The third-order valence-electron chi connectivity index (χ3n) is 2.80. The third kappa shape index (κ3) is 1.97. The molecule has 0 atom stereocenters. The second kappa shape index (κ2) is 4.14. The van der Waals surface area contributed by atoms with Gasteiger partial charge in [-0.05, 0) is 20.8 Å². The lowest BCUT2D eigenvalue weighted by Crippen LogP contribution is -2.53. The normalized spacial score (nSPS) is 19.8. The summed E-state index contributed by atoms with van der Waals surface area (Å²) in [7, 11) is 0. The first-order valence-corrected chi connectivity index (χ1v) is 6.14. The van der Waals surface area contributed by atoms with E-state index in [0.717, 1.165) is 35.1 Å². The Morgan fingerprint density at radius 2 is 2.31 bits per heavy atom. The molecule has 4 nitrogen and oxygen atoms in total. The van der Waals surface area contributed by atoms with E-state index in [1.54, 1.807) is 0 Å². The summed E-state index contributed by atoms with van der Waals surface area (Å²) in [4.78, 5) is 18.2. The van der Waals surface area contributed by atoms with Crippen molar-refractivity contribution in [1.82, 2.24) is 4.98 Å². The van der Waals surface area contributed by atoms with E-state index in [-0.39, 0.29) is 5.54 Å². The fourth-order valence-electron chi connectivity index (χ4n) is 1.83. The van der Waals surface area contributed by atoms with Gasteiger partial charge in [0.1, 0.15) is 0 Å². The lowest BCUT2D eigenvalue weighted by atomic mass is 10.0. The Hall–Kier alpha value is -0.940. The maximum atomic E-state index is 10.8. The van der Waals surface area contributed by atoms with Gasteiger partial charge in [-0.1, -0.05) is 11.3 Å². The van der Waals surface area contributed by atoms with Gasteiger partial charge in [-0.3, -0.25) is 4.79 Å². The smallest absolute Gasteiger partial charge is 0.186 e. The van der Waals surface area contributed by atoms with Crippen LogP contribution < -0.4 is 4.90 Å². The number of hydrogen-bond acceptors (Lipinski definition) is 5. The molecule has 2 heterocycles. The standard InChI is InChI=1S/C11H16N2O2S/c1-8-9(6-14)16-10(12-8)13-4-5-15-7-11(13,2)3/h6H,4-5,7H2,1-3H3. The molecule has 1 aliphatic heterocycles. The van der Waals surface area contributed by atoms with E-state index in [1.165, 1.54) is 11.3 Å². The predicted molar refractivity (Wildman–Crippen MR) is 64.5 cm³/mol. The van der Waals surface area contributed by atoms with Crippen LogP contribution in [0.2, 0.25) is 0 Å². The van der Waals surface area contributed by atoms with Gasteiger partial charge in [-0.15, -0.1) is 0 Å². The van der Waals surface area contributed by atoms with Gasteiger partial charge in [0, 0.05) is 6.54 Å². The summed E-state index contributed by atoms with van der Waals surface area (Å²) in [5.74, 6) is 0. The van der Waals surface area contributed by atoms with E-state index in [4.69, 9.17) is 4.74 Å². The maximum absolute atomic E-state index is 10.8. The van der Waals surface area contributed by atoms with Gasteiger partial charge in [0.15, 0.2) is 11.4 Å². The minimum atomic E-state index is -0.0529. The number of morpholine rings is 1. The number of nitrogens with zero attached hydrogens (tertiary/aromatic N) is 2. The monoisotopic (exact) mass is 240 g/mol. The van der Waals surface area contributed by atoms with Gasteiger partial charge in [-0.2, -0.15) is 0 Å². The second-order valence-electron chi connectivity index (χ2n) is 4.58. The van der Waals surface area contributed by atoms with Crippen molar-refractivity contribution >= 4 is 22.8 Å². The molecule has 0 bridgehead atoms. The van der Waals surface area contributed by atoms with Crippen molar-refractivity contribution < 1.29 is 9.53 Å². The van der Waals surface area contributed by atoms with E-state index in [0.29, 0.717) is 6.61 Å². The zero-order valence-electron chi connectivity index (χ0n) is 9.82. The summed E-state index contributed by atoms with van der Waals surface area (Å²) in [5.41, 5.74) is 0.764. The molecule has 0 N–H and O–H groups in total. The van der Waals surface area contributed by atoms with Crippen molar-refractivity contribution in [2.75, 3.05) is 24.7 Å². The molecular formula is C11H16N2O2S. The number of ether oxygens (including phenoxy) is 1. The van der Waals surface area contributed by atoms with Gasteiger partial charge < -0.3 is 9.64 Å². The zero-order valence-corrected chi connectivity index (χ0v) is 10.6. The van der Waals surface area contributed by atoms with Crippen LogP contribution in [0.4, 0.5) is 5.13 Å². The Morgan fingerprint density at radius 1 is 1.56 bits per heavy atom. The Bertz CT molecular complexity index is 401. The van der Waals surface area contributed by atoms with Gasteiger partial charge >= 0.3 is 0 Å². The molecule has 0 spiro atoms.